The van der Waals surface area contributed by atoms with Crippen LogP contribution in [0.3, 0.4) is 0 Å². The van der Waals surface area contributed by atoms with Crippen molar-refractivity contribution in [3.05, 3.63) is 34.9 Å². The summed E-state index contributed by atoms with van der Waals surface area (Å²) in [5.74, 6) is -0.904. The van der Waals surface area contributed by atoms with Crippen molar-refractivity contribution < 1.29 is 14.6 Å². The van der Waals surface area contributed by atoms with E-state index in [4.69, 9.17) is 4.74 Å². The first kappa shape index (κ1) is 15.0. The maximum absolute atomic E-state index is 12.3. The van der Waals surface area contributed by atoms with Gasteiger partial charge in [0.25, 0.3) is 0 Å². The van der Waals surface area contributed by atoms with Crippen LogP contribution >= 0.6 is 0 Å². The van der Waals surface area contributed by atoms with E-state index in [1.807, 2.05) is 45.9 Å². The number of rotatable bonds is 2. The van der Waals surface area contributed by atoms with Gasteiger partial charge in [0.2, 0.25) is 0 Å². The van der Waals surface area contributed by atoms with Crippen LogP contribution in [0, 0.1) is 12.8 Å². The van der Waals surface area contributed by atoms with Gasteiger partial charge in [0, 0.05) is 0 Å². The Hall–Kier alpha value is -1.35. The Morgan fingerprint density at radius 3 is 2.65 bits per heavy atom. The largest absolute Gasteiger partial charge is 0.460 e. The highest BCUT2D eigenvalue weighted by atomic mass is 16.6. The Morgan fingerprint density at radius 1 is 1.40 bits per heavy atom. The predicted molar refractivity (Wildman–Crippen MR) is 78.4 cm³/mol. The second-order valence-electron chi connectivity index (χ2n) is 6.84. The number of aliphatic hydroxyl groups is 1. The van der Waals surface area contributed by atoms with Crippen LogP contribution in [0.4, 0.5) is 0 Å². The quantitative estimate of drug-likeness (QED) is 0.844. The molecule has 1 aliphatic rings. The van der Waals surface area contributed by atoms with Crippen molar-refractivity contribution in [2.75, 3.05) is 0 Å². The van der Waals surface area contributed by atoms with Crippen molar-refractivity contribution >= 4 is 5.97 Å². The molecule has 3 heteroatoms. The topological polar surface area (TPSA) is 46.5 Å². The molecule has 20 heavy (non-hydrogen) atoms. The minimum Gasteiger partial charge on any atom is -0.460 e. The van der Waals surface area contributed by atoms with Crippen LogP contribution in [0.2, 0.25) is 0 Å². The van der Waals surface area contributed by atoms with Crippen LogP contribution in [0.15, 0.2) is 18.2 Å². The average molecular weight is 276 g/mol. The molecule has 1 aromatic rings. The predicted octanol–water partition coefficient (Wildman–Crippen LogP) is 3.11. The fraction of sp³-hybridized carbons (Fsp3) is 0.588. The van der Waals surface area contributed by atoms with Crippen molar-refractivity contribution in [3.8, 4) is 0 Å². The van der Waals surface area contributed by atoms with Gasteiger partial charge in [0.1, 0.15) is 11.2 Å². The summed E-state index contributed by atoms with van der Waals surface area (Å²) in [6, 6.07) is 6.08. The van der Waals surface area contributed by atoms with Gasteiger partial charge in [-0.3, -0.25) is 4.79 Å². The molecule has 3 nitrogen and oxygen atoms in total. The lowest BCUT2D eigenvalue weighted by atomic mass is 9.83. The van der Waals surface area contributed by atoms with E-state index in [1.54, 1.807) is 6.92 Å². The lowest BCUT2D eigenvalue weighted by Crippen LogP contribution is -2.40. The number of aryl methyl sites for hydroxylation is 2. The third-order valence-electron chi connectivity index (χ3n) is 3.98. The van der Waals surface area contributed by atoms with Gasteiger partial charge >= 0.3 is 5.97 Å². The fourth-order valence-electron chi connectivity index (χ4n) is 2.81. The van der Waals surface area contributed by atoms with E-state index in [-0.39, 0.29) is 5.97 Å². The number of benzene rings is 1. The highest BCUT2D eigenvalue weighted by Crippen LogP contribution is 2.43. The number of carbonyl (C=O) groups is 1. The summed E-state index contributed by atoms with van der Waals surface area (Å²) in [5.41, 5.74) is 1.48. The van der Waals surface area contributed by atoms with Gasteiger partial charge < -0.3 is 9.84 Å². The van der Waals surface area contributed by atoms with Gasteiger partial charge in [-0.05, 0) is 58.6 Å². The van der Waals surface area contributed by atoms with Crippen molar-refractivity contribution in [3.63, 3.8) is 0 Å². The molecule has 1 aliphatic carbocycles. The molecular formula is C17H24O3. The molecule has 0 saturated heterocycles. The molecule has 0 aliphatic heterocycles. The minimum atomic E-state index is -1.11. The van der Waals surface area contributed by atoms with E-state index in [9.17, 15) is 9.90 Å². The third kappa shape index (κ3) is 2.73. The zero-order valence-electron chi connectivity index (χ0n) is 13.0. The molecule has 1 aromatic carbocycles. The maximum atomic E-state index is 12.3. The van der Waals surface area contributed by atoms with Crippen molar-refractivity contribution in [1.29, 1.82) is 0 Å². The lowest BCUT2D eigenvalue weighted by Gasteiger charge is -2.32. The van der Waals surface area contributed by atoms with Gasteiger partial charge in [0.05, 0.1) is 5.92 Å². The van der Waals surface area contributed by atoms with Crippen molar-refractivity contribution in [2.24, 2.45) is 5.92 Å². The van der Waals surface area contributed by atoms with E-state index in [1.165, 1.54) is 0 Å². The molecule has 0 radical (unpaired) electrons. The Labute approximate surface area is 121 Å². The summed E-state index contributed by atoms with van der Waals surface area (Å²) >= 11 is 0. The van der Waals surface area contributed by atoms with E-state index < -0.39 is 17.1 Å². The second kappa shape index (κ2) is 4.88. The van der Waals surface area contributed by atoms with Crippen LogP contribution in [0.5, 0.6) is 0 Å². The van der Waals surface area contributed by atoms with Gasteiger partial charge in [-0.1, -0.05) is 23.8 Å². The monoisotopic (exact) mass is 276 g/mol. The molecule has 0 spiro atoms. The average Bonchev–Trinajstić information content (AvgIpc) is 2.65. The molecule has 2 unspecified atom stereocenters. The maximum Gasteiger partial charge on any atom is 0.312 e. The van der Waals surface area contributed by atoms with Crippen molar-refractivity contribution in [1.82, 2.24) is 0 Å². The zero-order chi connectivity index (χ0) is 15.1. The molecule has 0 amide bonds. The van der Waals surface area contributed by atoms with Crippen LogP contribution < -0.4 is 0 Å². The second-order valence-corrected chi connectivity index (χ2v) is 6.84. The number of carbonyl (C=O) groups excluding carboxylic acids is 1. The normalized spacial score (nSPS) is 23.3. The summed E-state index contributed by atoms with van der Waals surface area (Å²) in [7, 11) is 0. The molecule has 0 heterocycles. The van der Waals surface area contributed by atoms with Gasteiger partial charge in [-0.25, -0.2) is 0 Å². The molecular weight excluding hydrogens is 252 g/mol. The minimum absolute atomic E-state index is 0.339. The smallest absolute Gasteiger partial charge is 0.312 e. The molecule has 1 N–H and O–H groups in total. The first-order valence-electron chi connectivity index (χ1n) is 7.19. The molecule has 0 aromatic heterocycles. The Balaban J connectivity index is 2.30. The summed E-state index contributed by atoms with van der Waals surface area (Å²) in [5, 5.41) is 11.0. The van der Waals surface area contributed by atoms with E-state index in [0.29, 0.717) is 6.42 Å². The van der Waals surface area contributed by atoms with Crippen LogP contribution in [0.1, 0.15) is 50.8 Å². The van der Waals surface area contributed by atoms with Crippen LogP contribution in [-0.4, -0.2) is 16.7 Å². The summed E-state index contributed by atoms with van der Waals surface area (Å²) < 4.78 is 5.42. The van der Waals surface area contributed by atoms with E-state index in [2.05, 4.69) is 0 Å². The van der Waals surface area contributed by atoms with E-state index in [0.717, 1.165) is 23.1 Å². The third-order valence-corrected chi connectivity index (χ3v) is 3.98. The summed E-state index contributed by atoms with van der Waals surface area (Å²) in [6.45, 7) is 9.28. The van der Waals surface area contributed by atoms with Gasteiger partial charge in [0.15, 0.2) is 0 Å². The highest BCUT2D eigenvalue weighted by molar-refractivity contribution is 5.74. The SMILES string of the molecule is Cc1ccc2c(c1)C(O)(C(C)C(=O)OC(C)(C)C)CC2. The molecule has 110 valence electrons. The number of esters is 1. The first-order valence-corrected chi connectivity index (χ1v) is 7.19. The zero-order valence-corrected chi connectivity index (χ0v) is 13.0. The first-order chi connectivity index (χ1) is 9.13. The summed E-state index contributed by atoms with van der Waals surface area (Å²) in [4.78, 5) is 12.3. The van der Waals surface area contributed by atoms with Crippen molar-refractivity contribution in [2.45, 2.75) is 58.7 Å². The number of hydrogen-bond donors (Lipinski definition) is 1. The molecule has 0 bridgehead atoms. The van der Waals surface area contributed by atoms with E-state index >= 15 is 0 Å². The Bertz CT molecular complexity index is 528. The molecule has 2 atom stereocenters. The molecule has 2 rings (SSSR count). The molecule has 0 saturated carbocycles. The Kier molecular flexibility index (Phi) is 3.67. The lowest BCUT2D eigenvalue weighted by molar-refractivity contribution is -0.169. The molecule has 0 fully saturated rings. The standard InChI is InChI=1S/C17H24O3/c1-11-6-7-13-8-9-17(19,14(13)10-11)12(2)15(18)20-16(3,4)5/h6-7,10,12,19H,8-9H2,1-5H3. The van der Waals surface area contributed by atoms with Crippen LogP contribution in [0.25, 0.3) is 0 Å². The number of hydrogen-bond acceptors (Lipinski definition) is 3. The Morgan fingerprint density at radius 2 is 2.05 bits per heavy atom. The fourth-order valence-corrected chi connectivity index (χ4v) is 2.81. The number of fused-ring (bicyclic) bond motifs is 1. The van der Waals surface area contributed by atoms with Crippen LogP contribution in [-0.2, 0) is 21.6 Å². The van der Waals surface area contributed by atoms with Gasteiger partial charge in [-0.15, -0.1) is 0 Å². The highest BCUT2D eigenvalue weighted by Gasteiger charge is 2.46. The number of ether oxygens (including phenoxy) is 1. The summed E-state index contributed by atoms with van der Waals surface area (Å²) in [6.07, 6.45) is 1.38. The van der Waals surface area contributed by atoms with Gasteiger partial charge in [-0.2, -0.15) is 0 Å².